The molecule has 0 saturated carbocycles. The molecule has 18 heavy (non-hydrogen) atoms. The van der Waals surface area contributed by atoms with Crippen LogP contribution in [0.15, 0.2) is 30.3 Å². The Kier molecular flexibility index (Phi) is 7.06. The first kappa shape index (κ1) is 14.7. The number of para-hydroxylation sites is 1. The molecule has 1 rings (SSSR count). The number of ether oxygens (including phenoxy) is 1. The van der Waals surface area contributed by atoms with E-state index in [1.54, 1.807) is 12.0 Å². The molecule has 1 N–H and O–H groups in total. The number of carbonyl (C=O) groups is 1. The Labute approximate surface area is 109 Å². The van der Waals surface area contributed by atoms with Crippen LogP contribution in [0.3, 0.4) is 0 Å². The quantitative estimate of drug-likeness (QED) is 0.714. The molecule has 1 amide bonds. The van der Waals surface area contributed by atoms with Gasteiger partial charge in [0.2, 0.25) is 5.91 Å². The van der Waals surface area contributed by atoms with E-state index in [4.69, 9.17) is 4.74 Å². The number of amides is 1. The van der Waals surface area contributed by atoms with Gasteiger partial charge in [-0.15, -0.1) is 0 Å². The fourth-order valence-corrected chi connectivity index (χ4v) is 1.74. The summed E-state index contributed by atoms with van der Waals surface area (Å²) in [5.74, 6) is 0.147. The van der Waals surface area contributed by atoms with Crippen molar-refractivity contribution in [2.75, 3.05) is 38.3 Å². The zero-order chi connectivity index (χ0) is 13.2. The van der Waals surface area contributed by atoms with E-state index >= 15 is 0 Å². The fraction of sp³-hybridized carbons (Fsp3) is 0.500. The highest BCUT2D eigenvalue weighted by Gasteiger charge is 2.12. The number of methoxy groups -OCH3 is 1. The van der Waals surface area contributed by atoms with Gasteiger partial charge < -0.3 is 15.0 Å². The lowest BCUT2D eigenvalue weighted by Crippen LogP contribution is -2.33. The Morgan fingerprint density at radius 2 is 2.00 bits per heavy atom. The zero-order valence-electron chi connectivity index (χ0n) is 11.2. The molecule has 1 aromatic carbocycles. The van der Waals surface area contributed by atoms with Crippen LogP contribution in [0.5, 0.6) is 0 Å². The normalized spacial score (nSPS) is 10.3. The molecule has 0 fully saturated rings. The molecule has 4 heteroatoms. The summed E-state index contributed by atoms with van der Waals surface area (Å²) in [5.41, 5.74) is 0.960. The minimum Gasteiger partial charge on any atom is -0.383 e. The largest absolute Gasteiger partial charge is 0.383 e. The third kappa shape index (κ3) is 4.85. The van der Waals surface area contributed by atoms with E-state index in [-0.39, 0.29) is 5.91 Å². The first-order valence-electron chi connectivity index (χ1n) is 6.34. The second-order valence-corrected chi connectivity index (χ2v) is 3.97. The molecular weight excluding hydrogens is 228 g/mol. The SMILES string of the molecule is CCN(C(=O)CCNCCOC)c1ccccc1. The number of hydrogen-bond acceptors (Lipinski definition) is 3. The minimum atomic E-state index is 0.147. The van der Waals surface area contributed by atoms with Gasteiger partial charge in [-0.05, 0) is 19.1 Å². The van der Waals surface area contributed by atoms with Crippen molar-refractivity contribution in [3.8, 4) is 0 Å². The number of nitrogens with zero attached hydrogens (tertiary/aromatic N) is 1. The molecule has 0 atom stereocenters. The molecule has 0 heterocycles. The molecule has 0 aromatic heterocycles. The van der Waals surface area contributed by atoms with Crippen LogP contribution in [0.25, 0.3) is 0 Å². The molecule has 0 aliphatic heterocycles. The Bertz CT molecular complexity index is 341. The van der Waals surface area contributed by atoms with Gasteiger partial charge in [-0.25, -0.2) is 0 Å². The maximum Gasteiger partial charge on any atom is 0.228 e. The summed E-state index contributed by atoms with van der Waals surface area (Å²) in [6.45, 7) is 4.82. The van der Waals surface area contributed by atoms with Crippen molar-refractivity contribution >= 4 is 11.6 Å². The van der Waals surface area contributed by atoms with Crippen molar-refractivity contribution in [1.82, 2.24) is 5.32 Å². The molecule has 1 aromatic rings. The van der Waals surface area contributed by atoms with Gasteiger partial charge in [0.05, 0.1) is 6.61 Å². The molecule has 0 saturated heterocycles. The van der Waals surface area contributed by atoms with Gasteiger partial charge in [0, 0.05) is 38.9 Å². The van der Waals surface area contributed by atoms with Gasteiger partial charge in [-0.1, -0.05) is 18.2 Å². The van der Waals surface area contributed by atoms with Crippen LogP contribution in [0.2, 0.25) is 0 Å². The van der Waals surface area contributed by atoms with Crippen molar-refractivity contribution in [3.05, 3.63) is 30.3 Å². The lowest BCUT2D eigenvalue weighted by molar-refractivity contribution is -0.118. The lowest BCUT2D eigenvalue weighted by Gasteiger charge is -2.21. The van der Waals surface area contributed by atoms with Gasteiger partial charge >= 0.3 is 0 Å². The highest BCUT2D eigenvalue weighted by atomic mass is 16.5. The van der Waals surface area contributed by atoms with Crippen molar-refractivity contribution < 1.29 is 9.53 Å². The summed E-state index contributed by atoms with van der Waals surface area (Å²) >= 11 is 0. The fourth-order valence-electron chi connectivity index (χ4n) is 1.74. The monoisotopic (exact) mass is 250 g/mol. The number of rotatable bonds is 8. The maximum absolute atomic E-state index is 12.1. The molecule has 0 bridgehead atoms. The summed E-state index contributed by atoms with van der Waals surface area (Å²) in [6, 6.07) is 9.76. The molecule has 0 aliphatic rings. The Morgan fingerprint density at radius 1 is 1.28 bits per heavy atom. The van der Waals surface area contributed by atoms with Crippen LogP contribution in [-0.4, -0.2) is 39.3 Å². The topological polar surface area (TPSA) is 41.6 Å². The summed E-state index contributed by atoms with van der Waals surface area (Å²) in [4.78, 5) is 13.9. The summed E-state index contributed by atoms with van der Waals surface area (Å²) < 4.78 is 4.93. The number of benzene rings is 1. The van der Waals surface area contributed by atoms with Gasteiger partial charge in [-0.3, -0.25) is 4.79 Å². The Balaban J connectivity index is 2.39. The van der Waals surface area contributed by atoms with Gasteiger partial charge in [-0.2, -0.15) is 0 Å². The molecule has 4 nitrogen and oxygen atoms in total. The molecular formula is C14H22N2O2. The lowest BCUT2D eigenvalue weighted by atomic mass is 10.2. The summed E-state index contributed by atoms with van der Waals surface area (Å²) in [6.07, 6.45) is 0.506. The van der Waals surface area contributed by atoms with Crippen LogP contribution in [-0.2, 0) is 9.53 Å². The van der Waals surface area contributed by atoms with Crippen LogP contribution >= 0.6 is 0 Å². The van der Waals surface area contributed by atoms with Crippen LogP contribution in [0.4, 0.5) is 5.69 Å². The Morgan fingerprint density at radius 3 is 2.61 bits per heavy atom. The van der Waals surface area contributed by atoms with Crippen molar-refractivity contribution in [1.29, 1.82) is 0 Å². The average molecular weight is 250 g/mol. The summed E-state index contributed by atoms with van der Waals surface area (Å²) in [5, 5.41) is 3.18. The smallest absolute Gasteiger partial charge is 0.228 e. The number of anilines is 1. The number of carbonyl (C=O) groups excluding carboxylic acids is 1. The third-order valence-electron chi connectivity index (χ3n) is 2.68. The van der Waals surface area contributed by atoms with E-state index < -0.39 is 0 Å². The van der Waals surface area contributed by atoms with Crippen LogP contribution in [0, 0.1) is 0 Å². The van der Waals surface area contributed by atoms with E-state index in [9.17, 15) is 4.79 Å². The highest BCUT2D eigenvalue weighted by Crippen LogP contribution is 2.13. The van der Waals surface area contributed by atoms with E-state index in [1.807, 2.05) is 37.3 Å². The van der Waals surface area contributed by atoms with Crippen molar-refractivity contribution in [2.45, 2.75) is 13.3 Å². The first-order valence-corrected chi connectivity index (χ1v) is 6.34. The Hall–Kier alpha value is -1.39. The standard InChI is InChI=1S/C14H22N2O2/c1-3-16(13-7-5-4-6-8-13)14(17)9-10-15-11-12-18-2/h4-8,15H,3,9-12H2,1-2H3. The maximum atomic E-state index is 12.1. The molecule has 100 valence electrons. The second-order valence-electron chi connectivity index (χ2n) is 3.97. The van der Waals surface area contributed by atoms with Crippen LogP contribution in [0.1, 0.15) is 13.3 Å². The molecule has 0 radical (unpaired) electrons. The van der Waals surface area contributed by atoms with E-state index in [2.05, 4.69) is 5.32 Å². The van der Waals surface area contributed by atoms with E-state index in [0.717, 1.165) is 12.2 Å². The van der Waals surface area contributed by atoms with Crippen molar-refractivity contribution in [2.24, 2.45) is 0 Å². The van der Waals surface area contributed by atoms with Gasteiger partial charge in [0.25, 0.3) is 0 Å². The third-order valence-corrected chi connectivity index (χ3v) is 2.68. The average Bonchev–Trinajstić information content (AvgIpc) is 2.40. The van der Waals surface area contributed by atoms with Gasteiger partial charge in [0.1, 0.15) is 0 Å². The molecule has 0 aliphatic carbocycles. The van der Waals surface area contributed by atoms with E-state index in [0.29, 0.717) is 26.1 Å². The zero-order valence-corrected chi connectivity index (χ0v) is 11.2. The van der Waals surface area contributed by atoms with Crippen LogP contribution < -0.4 is 10.2 Å². The number of nitrogens with one attached hydrogen (secondary N) is 1. The first-order chi connectivity index (χ1) is 8.79. The van der Waals surface area contributed by atoms with Crippen molar-refractivity contribution in [3.63, 3.8) is 0 Å². The molecule has 0 unspecified atom stereocenters. The second kappa shape index (κ2) is 8.66. The minimum absolute atomic E-state index is 0.147. The number of hydrogen-bond donors (Lipinski definition) is 1. The van der Waals surface area contributed by atoms with E-state index in [1.165, 1.54) is 0 Å². The summed E-state index contributed by atoms with van der Waals surface area (Å²) in [7, 11) is 1.67. The van der Waals surface area contributed by atoms with Gasteiger partial charge in [0.15, 0.2) is 0 Å². The predicted octanol–water partition coefficient (Wildman–Crippen LogP) is 1.67. The predicted molar refractivity (Wildman–Crippen MR) is 73.8 cm³/mol. The molecule has 0 spiro atoms. The highest BCUT2D eigenvalue weighted by molar-refractivity contribution is 5.93.